The Kier molecular flexibility index (Phi) is 7.20. The molecule has 0 aliphatic rings. The number of aryl methyl sites for hydroxylation is 2. The number of hydrogen-bond donors (Lipinski definition) is 1. The van der Waals surface area contributed by atoms with Crippen molar-refractivity contribution in [3.05, 3.63) is 92.5 Å². The fourth-order valence-electron chi connectivity index (χ4n) is 4.07. The van der Waals surface area contributed by atoms with Crippen LogP contribution in [0.4, 0.5) is 10.1 Å². The van der Waals surface area contributed by atoms with Gasteiger partial charge in [-0.05, 0) is 31.2 Å². The fourth-order valence-corrected chi connectivity index (χ4v) is 4.07. The van der Waals surface area contributed by atoms with Gasteiger partial charge in [0.1, 0.15) is 17.2 Å². The third-order valence-corrected chi connectivity index (χ3v) is 6.03. The quantitative estimate of drug-likeness (QED) is 0.299. The summed E-state index contributed by atoms with van der Waals surface area (Å²) < 4.78 is 38.2. The Morgan fingerprint density at radius 2 is 1.78 bits per heavy atom. The highest BCUT2D eigenvalue weighted by Crippen LogP contribution is 2.37. The van der Waals surface area contributed by atoms with E-state index in [1.807, 2.05) is 0 Å². The second kappa shape index (κ2) is 10.9. The van der Waals surface area contributed by atoms with Crippen LogP contribution in [0.15, 0.2) is 62.8 Å². The van der Waals surface area contributed by atoms with Gasteiger partial charge in [0.2, 0.25) is 5.69 Å². The molecule has 0 aliphatic carbocycles. The van der Waals surface area contributed by atoms with Crippen LogP contribution in [0.5, 0.6) is 23.0 Å². The molecule has 0 fully saturated rings. The normalized spacial score (nSPS) is 11.0. The van der Waals surface area contributed by atoms with Gasteiger partial charge < -0.3 is 24.1 Å². The van der Waals surface area contributed by atoms with Crippen LogP contribution >= 0.6 is 0 Å². The van der Waals surface area contributed by atoms with Crippen molar-refractivity contribution >= 4 is 22.5 Å². The molecule has 41 heavy (non-hydrogen) atoms. The maximum Gasteiger partial charge on any atom is 0.347 e. The van der Waals surface area contributed by atoms with E-state index < -0.39 is 28.7 Å². The van der Waals surface area contributed by atoms with Crippen LogP contribution in [0.25, 0.3) is 10.9 Å². The Bertz CT molecular complexity index is 1910. The first-order valence-electron chi connectivity index (χ1n) is 12.1. The molecule has 5 rings (SSSR count). The fraction of sp³-hybridized carbons (Fsp3) is 0.185. The number of rotatable bonds is 8. The van der Waals surface area contributed by atoms with Crippen LogP contribution in [-0.4, -0.2) is 44.6 Å². The van der Waals surface area contributed by atoms with Gasteiger partial charge in [-0.2, -0.15) is 5.10 Å². The minimum atomic E-state index is -0.941. The molecule has 0 aliphatic heterocycles. The van der Waals surface area contributed by atoms with Gasteiger partial charge in [0, 0.05) is 42.5 Å². The van der Waals surface area contributed by atoms with Crippen LogP contribution in [0.1, 0.15) is 21.9 Å². The topological polar surface area (TPSA) is 153 Å². The summed E-state index contributed by atoms with van der Waals surface area (Å²) in [5, 5.41) is 10.6. The molecule has 3 heterocycles. The van der Waals surface area contributed by atoms with Gasteiger partial charge in [-0.15, -0.1) is 0 Å². The molecule has 3 aromatic heterocycles. The average molecular weight is 563 g/mol. The molecule has 1 N–H and O–H groups in total. The molecule has 5 aromatic rings. The highest BCUT2D eigenvalue weighted by atomic mass is 19.1. The largest absolute Gasteiger partial charge is 0.493 e. The highest BCUT2D eigenvalue weighted by Gasteiger charge is 2.20. The Balaban J connectivity index is 1.39. The predicted octanol–water partition coefficient (Wildman–Crippen LogP) is 3.04. The summed E-state index contributed by atoms with van der Waals surface area (Å²) in [6, 6.07) is 10.2. The van der Waals surface area contributed by atoms with Crippen LogP contribution in [-0.2, 0) is 13.6 Å². The second-order valence-corrected chi connectivity index (χ2v) is 8.81. The first-order chi connectivity index (χ1) is 19.7. The number of carbonyl (C=O) groups excluding carboxylic acids is 1. The highest BCUT2D eigenvalue weighted by molar-refractivity contribution is 6.02. The monoisotopic (exact) mass is 562 g/mol. The predicted molar refractivity (Wildman–Crippen MR) is 143 cm³/mol. The van der Waals surface area contributed by atoms with Gasteiger partial charge in [-0.25, -0.2) is 13.9 Å². The maximum absolute atomic E-state index is 15.1. The molecule has 0 saturated carbocycles. The van der Waals surface area contributed by atoms with Crippen LogP contribution in [0, 0.1) is 12.7 Å². The zero-order valence-electron chi connectivity index (χ0n) is 22.3. The van der Waals surface area contributed by atoms with E-state index in [9.17, 15) is 14.4 Å². The van der Waals surface area contributed by atoms with Gasteiger partial charge in [0.25, 0.3) is 11.5 Å². The Morgan fingerprint density at radius 3 is 2.46 bits per heavy atom. The van der Waals surface area contributed by atoms with E-state index in [1.165, 1.54) is 39.6 Å². The first kappa shape index (κ1) is 27.1. The van der Waals surface area contributed by atoms with E-state index >= 15 is 4.39 Å². The third kappa shape index (κ3) is 5.34. The molecule has 2 aromatic carbocycles. The van der Waals surface area contributed by atoms with Crippen molar-refractivity contribution in [1.82, 2.24) is 24.5 Å². The number of ether oxygens (including phenoxy) is 3. The minimum absolute atomic E-state index is 0.0274. The molecule has 13 nitrogen and oxygen atoms in total. The lowest BCUT2D eigenvalue weighted by Crippen LogP contribution is -2.44. The van der Waals surface area contributed by atoms with Gasteiger partial charge in [0.05, 0.1) is 26.3 Å². The molecule has 0 radical (unpaired) electrons. The summed E-state index contributed by atoms with van der Waals surface area (Å²) in [5.41, 5.74) is -1.38. The molecule has 0 spiro atoms. The van der Waals surface area contributed by atoms with Crippen LogP contribution in [0.2, 0.25) is 0 Å². The Labute approximate surface area is 230 Å². The van der Waals surface area contributed by atoms with Crippen molar-refractivity contribution in [2.45, 2.75) is 13.5 Å². The van der Waals surface area contributed by atoms with Crippen molar-refractivity contribution in [2.75, 3.05) is 19.5 Å². The standard InChI is InChI=1S/C27H23FN6O7/c1-14-9-16(32-41-14)13-34-26(36)24(31-33(2)27(34)37)25(35)30-15-5-6-21(18(28)10-15)40-20-7-8-29-19-12-23(39-4)22(38-3)11-17(19)20/h5-12H,13H2,1-4H3,(H,30,35). The zero-order chi connectivity index (χ0) is 29.3. The molecule has 0 atom stereocenters. The number of nitrogens with zero attached hydrogens (tertiary/aromatic N) is 5. The first-order valence-corrected chi connectivity index (χ1v) is 12.1. The number of pyridine rings is 1. The number of nitrogens with one attached hydrogen (secondary N) is 1. The van der Waals surface area contributed by atoms with Crippen molar-refractivity contribution in [1.29, 1.82) is 0 Å². The summed E-state index contributed by atoms with van der Waals surface area (Å²) in [6.07, 6.45) is 1.51. The molecule has 0 bridgehead atoms. The smallest absolute Gasteiger partial charge is 0.347 e. The second-order valence-electron chi connectivity index (χ2n) is 8.81. The number of carbonyl (C=O) groups is 1. The SMILES string of the molecule is COc1cc2nccc(Oc3ccc(NC(=O)c4nn(C)c(=O)n(Cc5cc(C)on5)c4=O)cc3F)c2cc1OC. The van der Waals surface area contributed by atoms with E-state index in [2.05, 4.69) is 20.6 Å². The lowest BCUT2D eigenvalue weighted by Gasteiger charge is -2.13. The third-order valence-electron chi connectivity index (χ3n) is 6.03. The number of aromatic nitrogens is 5. The summed E-state index contributed by atoms with van der Waals surface area (Å²) in [6.45, 7) is 1.43. The molecular weight excluding hydrogens is 539 g/mol. The molecule has 1 amide bonds. The zero-order valence-corrected chi connectivity index (χ0v) is 22.3. The summed E-state index contributed by atoms with van der Waals surface area (Å²) in [7, 11) is 4.29. The van der Waals surface area contributed by atoms with E-state index in [0.29, 0.717) is 39.6 Å². The number of anilines is 1. The van der Waals surface area contributed by atoms with E-state index in [1.54, 1.807) is 31.2 Å². The number of hydrogen-bond acceptors (Lipinski definition) is 10. The number of fused-ring (bicyclic) bond motifs is 1. The molecule has 210 valence electrons. The van der Waals surface area contributed by atoms with Crippen molar-refractivity contribution in [3.63, 3.8) is 0 Å². The molecular formula is C27H23FN6O7. The number of benzene rings is 2. The minimum Gasteiger partial charge on any atom is -0.493 e. The number of amides is 1. The lowest BCUT2D eigenvalue weighted by molar-refractivity contribution is 0.101. The Morgan fingerprint density at radius 1 is 1.02 bits per heavy atom. The van der Waals surface area contributed by atoms with Crippen molar-refractivity contribution < 1.29 is 27.9 Å². The van der Waals surface area contributed by atoms with Crippen LogP contribution < -0.4 is 30.8 Å². The van der Waals surface area contributed by atoms with Gasteiger partial charge in [-0.3, -0.25) is 19.1 Å². The molecule has 0 saturated heterocycles. The molecule has 14 heteroatoms. The average Bonchev–Trinajstić information content (AvgIpc) is 3.38. The summed E-state index contributed by atoms with van der Waals surface area (Å²) in [5.74, 6) is -0.143. The van der Waals surface area contributed by atoms with E-state index in [4.69, 9.17) is 18.7 Å². The summed E-state index contributed by atoms with van der Waals surface area (Å²) >= 11 is 0. The van der Waals surface area contributed by atoms with Gasteiger partial charge >= 0.3 is 5.69 Å². The van der Waals surface area contributed by atoms with Crippen molar-refractivity contribution in [3.8, 4) is 23.0 Å². The van der Waals surface area contributed by atoms with Gasteiger partial charge in [-0.1, -0.05) is 5.16 Å². The Hall–Kier alpha value is -5.53. The van der Waals surface area contributed by atoms with E-state index in [0.717, 1.165) is 15.3 Å². The number of methoxy groups -OCH3 is 2. The van der Waals surface area contributed by atoms with Gasteiger partial charge in [0.15, 0.2) is 23.1 Å². The number of halogens is 1. The van der Waals surface area contributed by atoms with Crippen molar-refractivity contribution in [2.24, 2.45) is 7.05 Å². The maximum atomic E-state index is 15.1. The lowest BCUT2D eigenvalue weighted by atomic mass is 10.2. The summed E-state index contributed by atoms with van der Waals surface area (Å²) in [4.78, 5) is 42.7. The van der Waals surface area contributed by atoms with E-state index in [-0.39, 0.29) is 18.0 Å². The van der Waals surface area contributed by atoms with Crippen LogP contribution in [0.3, 0.4) is 0 Å². The molecule has 0 unspecified atom stereocenters.